The fourth-order valence-corrected chi connectivity index (χ4v) is 2.74. The van der Waals surface area contributed by atoms with Crippen LogP contribution in [-0.2, 0) is 17.1 Å². The molecule has 0 fully saturated rings. The Kier molecular flexibility index (Phi) is 3.49. The number of benzene rings is 1. The van der Waals surface area contributed by atoms with Gasteiger partial charge in [0.05, 0.1) is 22.3 Å². The zero-order valence-corrected chi connectivity index (χ0v) is 11.7. The van der Waals surface area contributed by atoms with Crippen molar-refractivity contribution in [3.63, 3.8) is 0 Å². The first kappa shape index (κ1) is 14.1. The van der Waals surface area contributed by atoms with Crippen LogP contribution >= 0.6 is 0 Å². The number of sulfonamides is 1. The Bertz CT molecular complexity index is 765. The molecule has 2 N–H and O–H groups in total. The average molecular weight is 295 g/mol. The number of nitrogens with zero attached hydrogens (tertiary/aromatic N) is 2. The predicted octanol–water partition coefficient (Wildman–Crippen LogP) is 1.23. The fraction of sp³-hybridized carbons (Fsp3) is 0.167. The predicted molar refractivity (Wildman–Crippen MR) is 72.2 cm³/mol. The second-order valence-corrected chi connectivity index (χ2v) is 5.97. The molecule has 0 saturated heterocycles. The first-order valence-electron chi connectivity index (χ1n) is 5.65. The van der Waals surface area contributed by atoms with Crippen LogP contribution in [0.5, 0.6) is 0 Å². The highest BCUT2D eigenvalue weighted by molar-refractivity contribution is 7.92. The van der Waals surface area contributed by atoms with Crippen LogP contribution in [0.15, 0.2) is 35.5 Å². The van der Waals surface area contributed by atoms with Crippen LogP contribution in [-0.4, -0.2) is 29.3 Å². The van der Waals surface area contributed by atoms with Crippen molar-refractivity contribution in [2.45, 2.75) is 11.8 Å². The van der Waals surface area contributed by atoms with Gasteiger partial charge in [0.25, 0.3) is 10.0 Å². The van der Waals surface area contributed by atoms with E-state index in [1.54, 1.807) is 14.0 Å². The van der Waals surface area contributed by atoms with Gasteiger partial charge in [0.1, 0.15) is 0 Å². The summed E-state index contributed by atoms with van der Waals surface area (Å²) in [7, 11) is -2.18. The molecule has 106 valence electrons. The number of hydrogen-bond acceptors (Lipinski definition) is 4. The molecule has 0 radical (unpaired) electrons. The molecule has 0 aliphatic rings. The van der Waals surface area contributed by atoms with Gasteiger partial charge in [-0.2, -0.15) is 5.10 Å². The molecule has 0 amide bonds. The molecule has 8 heteroatoms. The summed E-state index contributed by atoms with van der Waals surface area (Å²) in [4.78, 5) is 10.9. The Morgan fingerprint density at radius 3 is 2.65 bits per heavy atom. The van der Waals surface area contributed by atoms with Gasteiger partial charge in [-0.05, 0) is 24.6 Å². The van der Waals surface area contributed by atoms with Crippen LogP contribution in [0.3, 0.4) is 0 Å². The lowest BCUT2D eigenvalue weighted by molar-refractivity contribution is 0.0696. The lowest BCUT2D eigenvalue weighted by Crippen LogP contribution is -2.14. The van der Waals surface area contributed by atoms with Gasteiger partial charge in [0.15, 0.2) is 0 Å². The van der Waals surface area contributed by atoms with E-state index in [4.69, 9.17) is 5.11 Å². The molecular weight excluding hydrogens is 282 g/mol. The molecule has 1 heterocycles. The maximum absolute atomic E-state index is 12.2. The van der Waals surface area contributed by atoms with Crippen molar-refractivity contribution < 1.29 is 18.3 Å². The van der Waals surface area contributed by atoms with Crippen LogP contribution in [0.4, 0.5) is 5.69 Å². The van der Waals surface area contributed by atoms with Gasteiger partial charge >= 0.3 is 5.97 Å². The summed E-state index contributed by atoms with van der Waals surface area (Å²) in [6.07, 6.45) is 2.87. The second-order valence-electron chi connectivity index (χ2n) is 4.29. The Labute approximate surface area is 115 Å². The molecule has 0 aliphatic carbocycles. The van der Waals surface area contributed by atoms with Crippen molar-refractivity contribution in [3.05, 3.63) is 41.7 Å². The first-order chi connectivity index (χ1) is 9.29. The molecule has 20 heavy (non-hydrogen) atoms. The van der Waals surface area contributed by atoms with Gasteiger partial charge in [0, 0.05) is 13.2 Å². The minimum absolute atomic E-state index is 0.0425. The third kappa shape index (κ3) is 2.80. The molecule has 0 aliphatic heterocycles. The quantitative estimate of drug-likeness (QED) is 0.883. The van der Waals surface area contributed by atoms with Gasteiger partial charge in [-0.1, -0.05) is 6.07 Å². The molecule has 0 unspecified atom stereocenters. The van der Waals surface area contributed by atoms with E-state index >= 15 is 0 Å². The first-order valence-corrected chi connectivity index (χ1v) is 7.13. The molecule has 7 nitrogen and oxygen atoms in total. The molecule has 2 aromatic rings. The smallest absolute Gasteiger partial charge is 0.335 e. The van der Waals surface area contributed by atoms with E-state index in [1.807, 2.05) is 0 Å². The zero-order valence-electron chi connectivity index (χ0n) is 10.9. The van der Waals surface area contributed by atoms with Crippen molar-refractivity contribution in [1.82, 2.24) is 9.78 Å². The van der Waals surface area contributed by atoms with Gasteiger partial charge in [-0.25, -0.2) is 13.2 Å². The van der Waals surface area contributed by atoms with Crippen molar-refractivity contribution in [1.29, 1.82) is 0 Å². The second kappa shape index (κ2) is 4.97. The normalized spacial score (nSPS) is 11.3. The number of rotatable bonds is 4. The van der Waals surface area contributed by atoms with E-state index in [0.29, 0.717) is 11.3 Å². The topological polar surface area (TPSA) is 101 Å². The number of nitrogens with one attached hydrogen (secondary N) is 1. The number of anilines is 1. The van der Waals surface area contributed by atoms with E-state index in [-0.39, 0.29) is 10.5 Å². The summed E-state index contributed by atoms with van der Waals surface area (Å²) in [5.41, 5.74) is 0.766. The Morgan fingerprint density at radius 1 is 1.40 bits per heavy atom. The number of hydrogen-bond donors (Lipinski definition) is 2. The van der Waals surface area contributed by atoms with Crippen LogP contribution in [0, 0.1) is 6.92 Å². The number of carboxylic acids is 1. The highest BCUT2D eigenvalue weighted by atomic mass is 32.2. The summed E-state index contributed by atoms with van der Waals surface area (Å²) in [6.45, 7) is 1.61. The molecule has 0 saturated carbocycles. The summed E-state index contributed by atoms with van der Waals surface area (Å²) in [6, 6.07) is 3.96. The lowest BCUT2D eigenvalue weighted by atomic mass is 10.1. The highest BCUT2D eigenvalue weighted by Crippen LogP contribution is 2.18. The van der Waals surface area contributed by atoms with Crippen molar-refractivity contribution in [3.8, 4) is 0 Å². The van der Waals surface area contributed by atoms with Crippen LogP contribution in [0.2, 0.25) is 0 Å². The van der Waals surface area contributed by atoms with Crippen LogP contribution in [0.1, 0.15) is 15.9 Å². The van der Waals surface area contributed by atoms with E-state index in [1.165, 1.54) is 29.2 Å². The van der Waals surface area contributed by atoms with Gasteiger partial charge < -0.3 is 5.11 Å². The third-order valence-corrected chi connectivity index (χ3v) is 4.09. The summed E-state index contributed by atoms with van der Waals surface area (Å²) < 4.78 is 28.1. The number of aromatic nitrogens is 2. The summed E-state index contributed by atoms with van der Waals surface area (Å²) >= 11 is 0. The number of aromatic carboxylic acids is 1. The van der Waals surface area contributed by atoms with Gasteiger partial charge in [-0.15, -0.1) is 0 Å². The summed E-state index contributed by atoms with van der Waals surface area (Å²) in [5, 5.41) is 12.9. The van der Waals surface area contributed by atoms with Gasteiger partial charge in [0.2, 0.25) is 0 Å². The van der Waals surface area contributed by atoms with Crippen LogP contribution in [0.25, 0.3) is 0 Å². The molecule has 1 aromatic carbocycles. The fourth-order valence-electron chi connectivity index (χ4n) is 1.69. The maximum atomic E-state index is 12.2. The Morgan fingerprint density at radius 2 is 2.10 bits per heavy atom. The largest absolute Gasteiger partial charge is 0.478 e. The lowest BCUT2D eigenvalue weighted by Gasteiger charge is -2.08. The van der Waals surface area contributed by atoms with Crippen LogP contribution < -0.4 is 4.72 Å². The maximum Gasteiger partial charge on any atom is 0.335 e. The Balaban J connectivity index is 2.39. The Hall–Kier alpha value is -2.35. The van der Waals surface area contributed by atoms with E-state index in [0.717, 1.165) is 6.07 Å². The van der Waals surface area contributed by atoms with Crippen molar-refractivity contribution in [2.24, 2.45) is 7.05 Å². The number of carboxylic acid groups (broad SMARTS) is 1. The zero-order chi connectivity index (χ0) is 14.9. The standard InChI is InChI=1S/C12H13N3O4S/c1-8-3-4-10(5-11(8)12(16)17)20(18,19)14-9-6-13-15(2)7-9/h3-7,14H,1-2H3,(H,16,17). The minimum atomic E-state index is -3.84. The third-order valence-electron chi connectivity index (χ3n) is 2.71. The highest BCUT2D eigenvalue weighted by Gasteiger charge is 2.18. The molecule has 0 spiro atoms. The van der Waals surface area contributed by atoms with E-state index < -0.39 is 16.0 Å². The average Bonchev–Trinajstić information content (AvgIpc) is 2.73. The van der Waals surface area contributed by atoms with E-state index in [2.05, 4.69) is 9.82 Å². The molecule has 0 bridgehead atoms. The molecule has 1 aromatic heterocycles. The summed E-state index contributed by atoms with van der Waals surface area (Å²) in [5.74, 6) is -1.17. The molecule has 2 rings (SSSR count). The van der Waals surface area contributed by atoms with Gasteiger partial charge in [-0.3, -0.25) is 9.40 Å². The van der Waals surface area contributed by atoms with Crippen molar-refractivity contribution in [2.75, 3.05) is 4.72 Å². The minimum Gasteiger partial charge on any atom is -0.478 e. The molecular formula is C12H13N3O4S. The van der Waals surface area contributed by atoms with E-state index in [9.17, 15) is 13.2 Å². The van der Waals surface area contributed by atoms with Crippen molar-refractivity contribution >= 4 is 21.7 Å². The number of carbonyl (C=O) groups is 1. The number of aryl methyl sites for hydroxylation is 2. The monoisotopic (exact) mass is 295 g/mol. The molecule has 0 atom stereocenters. The SMILES string of the molecule is Cc1ccc(S(=O)(=O)Nc2cnn(C)c2)cc1C(=O)O.